The Morgan fingerprint density at radius 3 is 2.41 bits per heavy atom. The average Bonchev–Trinajstić information content (AvgIpc) is 2.69. The second-order valence-electron chi connectivity index (χ2n) is 7.27. The third-order valence-corrected chi connectivity index (χ3v) is 8.24. The summed E-state index contributed by atoms with van der Waals surface area (Å²) in [5, 5.41) is 2.86. The van der Waals surface area contributed by atoms with E-state index in [0.29, 0.717) is 12.2 Å². The van der Waals surface area contributed by atoms with Crippen LogP contribution in [0.15, 0.2) is 29.2 Å². The van der Waals surface area contributed by atoms with Crippen molar-refractivity contribution in [3.05, 3.63) is 24.3 Å². The average molecular weight is 412 g/mol. The van der Waals surface area contributed by atoms with Crippen molar-refractivity contribution < 1.29 is 13.2 Å². The molecule has 1 aromatic rings. The lowest BCUT2D eigenvalue weighted by Gasteiger charge is -2.30. The molecule has 1 aromatic carbocycles. The number of anilines is 1. The maximum absolute atomic E-state index is 12.9. The fourth-order valence-electron chi connectivity index (χ4n) is 3.68. The molecule has 1 saturated carbocycles. The summed E-state index contributed by atoms with van der Waals surface area (Å²) in [5.74, 6) is 2.07. The molecule has 0 atom stereocenters. The minimum Gasteiger partial charge on any atom is -0.325 e. The zero-order valence-electron chi connectivity index (χ0n) is 15.9. The Labute approximate surface area is 166 Å². The molecule has 0 bridgehead atoms. The molecule has 1 saturated heterocycles. The monoisotopic (exact) mass is 411 g/mol. The Hall–Kier alpha value is -1.09. The van der Waals surface area contributed by atoms with Crippen LogP contribution in [0.4, 0.5) is 5.69 Å². The van der Waals surface area contributed by atoms with Crippen molar-refractivity contribution in [2.45, 2.75) is 43.0 Å². The summed E-state index contributed by atoms with van der Waals surface area (Å²) >= 11 is 1.91. The SMILES string of the molecule is CN(C1CCCCC1)S(=O)(=O)c1ccc(NC(=O)CN2CCSCC2)cc1. The molecule has 1 N–H and O–H groups in total. The van der Waals surface area contributed by atoms with Crippen LogP contribution in [-0.4, -0.2) is 67.8 Å². The summed E-state index contributed by atoms with van der Waals surface area (Å²) in [5.41, 5.74) is 0.630. The number of carbonyl (C=O) groups is 1. The molecule has 0 radical (unpaired) electrons. The smallest absolute Gasteiger partial charge is 0.243 e. The normalized spacial score (nSPS) is 19.9. The second-order valence-corrected chi connectivity index (χ2v) is 10.5. The highest BCUT2D eigenvalue weighted by Gasteiger charge is 2.29. The summed E-state index contributed by atoms with van der Waals surface area (Å²) in [6.07, 6.45) is 5.23. The van der Waals surface area contributed by atoms with Crippen LogP contribution in [0, 0.1) is 0 Å². The fourth-order valence-corrected chi connectivity index (χ4v) is 6.07. The van der Waals surface area contributed by atoms with E-state index in [1.165, 1.54) is 10.7 Å². The minimum atomic E-state index is -3.50. The highest BCUT2D eigenvalue weighted by molar-refractivity contribution is 7.99. The van der Waals surface area contributed by atoms with Gasteiger partial charge in [-0.15, -0.1) is 0 Å². The van der Waals surface area contributed by atoms with Crippen molar-refractivity contribution in [2.75, 3.05) is 43.5 Å². The van der Waals surface area contributed by atoms with E-state index in [4.69, 9.17) is 0 Å². The molecule has 1 heterocycles. The molecule has 6 nitrogen and oxygen atoms in total. The molecule has 27 heavy (non-hydrogen) atoms. The van der Waals surface area contributed by atoms with Gasteiger partial charge in [0.15, 0.2) is 0 Å². The molecule has 0 aromatic heterocycles. The molecule has 0 unspecified atom stereocenters. The van der Waals surface area contributed by atoms with Gasteiger partial charge in [-0.2, -0.15) is 16.1 Å². The molecule has 1 amide bonds. The lowest BCUT2D eigenvalue weighted by Crippen LogP contribution is -2.38. The summed E-state index contributed by atoms with van der Waals surface area (Å²) in [7, 11) is -1.82. The number of benzene rings is 1. The number of nitrogens with one attached hydrogen (secondary N) is 1. The van der Waals surface area contributed by atoms with Crippen LogP contribution >= 0.6 is 11.8 Å². The Bertz CT molecular complexity index is 725. The van der Waals surface area contributed by atoms with Crippen molar-refractivity contribution in [3.63, 3.8) is 0 Å². The maximum Gasteiger partial charge on any atom is 0.243 e. The van der Waals surface area contributed by atoms with E-state index in [1.807, 2.05) is 11.8 Å². The molecule has 0 spiro atoms. The molecule has 1 aliphatic heterocycles. The number of sulfonamides is 1. The van der Waals surface area contributed by atoms with Gasteiger partial charge in [-0.25, -0.2) is 8.42 Å². The molecule has 1 aliphatic carbocycles. The van der Waals surface area contributed by atoms with Gasteiger partial charge in [0.2, 0.25) is 15.9 Å². The molecule has 2 fully saturated rings. The van der Waals surface area contributed by atoms with Crippen molar-refractivity contribution >= 4 is 33.4 Å². The fraction of sp³-hybridized carbons (Fsp3) is 0.632. The van der Waals surface area contributed by atoms with Gasteiger partial charge in [0, 0.05) is 43.4 Å². The largest absolute Gasteiger partial charge is 0.325 e. The van der Waals surface area contributed by atoms with Crippen LogP contribution in [0.25, 0.3) is 0 Å². The van der Waals surface area contributed by atoms with Gasteiger partial charge in [0.05, 0.1) is 11.4 Å². The predicted octanol–water partition coefficient (Wildman–Crippen LogP) is 2.63. The van der Waals surface area contributed by atoms with E-state index < -0.39 is 10.0 Å². The molecular weight excluding hydrogens is 382 g/mol. The molecule has 8 heteroatoms. The zero-order valence-corrected chi connectivity index (χ0v) is 17.5. The lowest BCUT2D eigenvalue weighted by atomic mass is 9.96. The number of carbonyl (C=O) groups excluding carboxylic acids is 1. The molecule has 150 valence electrons. The standard InChI is InChI=1S/C19H29N3O3S2/c1-21(17-5-3-2-4-6-17)27(24,25)18-9-7-16(8-10-18)20-19(23)15-22-11-13-26-14-12-22/h7-10,17H,2-6,11-15H2,1H3,(H,20,23). The van der Waals surface area contributed by atoms with Gasteiger partial charge >= 0.3 is 0 Å². The van der Waals surface area contributed by atoms with Crippen LogP contribution in [0.5, 0.6) is 0 Å². The first-order valence-electron chi connectivity index (χ1n) is 9.65. The Morgan fingerprint density at radius 1 is 1.15 bits per heavy atom. The van der Waals surface area contributed by atoms with Crippen molar-refractivity contribution in [3.8, 4) is 0 Å². The van der Waals surface area contributed by atoms with Crippen molar-refractivity contribution in [1.29, 1.82) is 0 Å². The Morgan fingerprint density at radius 2 is 1.78 bits per heavy atom. The summed E-state index contributed by atoms with van der Waals surface area (Å²) < 4.78 is 27.2. The van der Waals surface area contributed by atoms with E-state index in [9.17, 15) is 13.2 Å². The predicted molar refractivity (Wildman–Crippen MR) is 111 cm³/mol. The van der Waals surface area contributed by atoms with Crippen LogP contribution in [0.2, 0.25) is 0 Å². The van der Waals surface area contributed by atoms with Gasteiger partial charge in [-0.1, -0.05) is 19.3 Å². The van der Waals surface area contributed by atoms with E-state index >= 15 is 0 Å². The summed E-state index contributed by atoms with van der Waals surface area (Å²) in [6.45, 7) is 2.25. The topological polar surface area (TPSA) is 69.7 Å². The van der Waals surface area contributed by atoms with E-state index in [-0.39, 0.29) is 16.8 Å². The maximum atomic E-state index is 12.9. The number of rotatable bonds is 6. The molecular formula is C19H29N3O3S2. The number of nitrogens with zero attached hydrogens (tertiary/aromatic N) is 2. The highest BCUT2D eigenvalue weighted by Crippen LogP contribution is 2.27. The number of thioether (sulfide) groups is 1. The Kier molecular flexibility index (Phi) is 7.19. The Balaban J connectivity index is 1.59. The van der Waals surface area contributed by atoms with E-state index in [1.54, 1.807) is 31.3 Å². The van der Waals surface area contributed by atoms with Gasteiger partial charge in [0.25, 0.3) is 0 Å². The minimum absolute atomic E-state index is 0.0585. The van der Waals surface area contributed by atoms with Gasteiger partial charge in [-0.05, 0) is 37.1 Å². The second kappa shape index (κ2) is 9.41. The number of hydrogen-bond acceptors (Lipinski definition) is 5. The summed E-state index contributed by atoms with van der Waals surface area (Å²) in [4.78, 5) is 14.6. The molecule has 2 aliphatic rings. The highest BCUT2D eigenvalue weighted by atomic mass is 32.2. The first kappa shape index (κ1) is 20.6. The van der Waals surface area contributed by atoms with Crippen LogP contribution in [-0.2, 0) is 14.8 Å². The van der Waals surface area contributed by atoms with Gasteiger partial charge in [0.1, 0.15) is 0 Å². The quantitative estimate of drug-likeness (QED) is 0.779. The van der Waals surface area contributed by atoms with Gasteiger partial charge in [-0.3, -0.25) is 9.69 Å². The third kappa shape index (κ3) is 5.47. The van der Waals surface area contributed by atoms with Crippen LogP contribution in [0.3, 0.4) is 0 Å². The van der Waals surface area contributed by atoms with E-state index in [0.717, 1.165) is 50.3 Å². The van der Waals surface area contributed by atoms with Crippen LogP contribution in [0.1, 0.15) is 32.1 Å². The third-order valence-electron chi connectivity index (χ3n) is 5.37. The lowest BCUT2D eigenvalue weighted by molar-refractivity contribution is -0.117. The first-order chi connectivity index (χ1) is 13.0. The molecule has 3 rings (SSSR count). The van der Waals surface area contributed by atoms with Crippen molar-refractivity contribution in [2.24, 2.45) is 0 Å². The number of hydrogen-bond donors (Lipinski definition) is 1. The van der Waals surface area contributed by atoms with E-state index in [2.05, 4.69) is 10.2 Å². The van der Waals surface area contributed by atoms with Crippen LogP contribution < -0.4 is 5.32 Å². The first-order valence-corrected chi connectivity index (χ1v) is 12.2. The zero-order chi connectivity index (χ0) is 19.3. The van der Waals surface area contributed by atoms with Gasteiger partial charge < -0.3 is 5.32 Å². The van der Waals surface area contributed by atoms with Crippen molar-refractivity contribution in [1.82, 2.24) is 9.21 Å². The number of amides is 1. The summed E-state index contributed by atoms with van der Waals surface area (Å²) in [6, 6.07) is 6.60.